The van der Waals surface area contributed by atoms with E-state index in [0.717, 1.165) is 0 Å². The Labute approximate surface area is 135 Å². The van der Waals surface area contributed by atoms with Gasteiger partial charge >= 0.3 is 6.16 Å². The molecule has 0 fully saturated rings. The molecular weight excluding hydrogens is 320 g/mol. The van der Waals surface area contributed by atoms with Crippen LogP contribution in [0.2, 0.25) is 0 Å². The van der Waals surface area contributed by atoms with Gasteiger partial charge in [0.05, 0.1) is 15.4 Å². The molecule has 24 heavy (non-hydrogen) atoms. The fourth-order valence-corrected chi connectivity index (χ4v) is 1.96. The molecule has 0 aliphatic carbocycles. The first-order valence-electron chi connectivity index (χ1n) is 6.74. The largest absolute Gasteiger partial charge is 0.514 e. The highest BCUT2D eigenvalue weighted by molar-refractivity contribution is 5.64. The van der Waals surface area contributed by atoms with Crippen LogP contribution in [0.15, 0.2) is 48.5 Å². The van der Waals surface area contributed by atoms with E-state index in [2.05, 4.69) is 0 Å². The Hall–Kier alpha value is -3.49. The van der Waals surface area contributed by atoms with Gasteiger partial charge in [0.15, 0.2) is 0 Å². The lowest BCUT2D eigenvalue weighted by Crippen LogP contribution is -2.14. The van der Waals surface area contributed by atoms with Crippen LogP contribution in [0.5, 0.6) is 5.75 Å². The topological polar surface area (TPSA) is 122 Å². The summed E-state index contributed by atoms with van der Waals surface area (Å²) in [7, 11) is 0. The molecule has 2 rings (SSSR count). The number of hydrogen-bond donors (Lipinski definition) is 0. The number of benzene rings is 2. The van der Waals surface area contributed by atoms with Crippen LogP contribution >= 0.6 is 0 Å². The highest BCUT2D eigenvalue weighted by Gasteiger charge is 2.22. The summed E-state index contributed by atoms with van der Waals surface area (Å²) in [6.45, 7) is 1.47. The standard InChI is InChI=1S/C15H12N2O7/c1-10(13-4-2-3-5-14(13)17(21)22)23-15(18)24-12-8-6-11(7-9-12)16(19)20/h2-10H,1H3. The summed E-state index contributed by atoms with van der Waals surface area (Å²) >= 11 is 0. The Bertz CT molecular complexity index is 774. The number of para-hydroxylation sites is 1. The number of nitrogens with zero attached hydrogens (tertiary/aromatic N) is 2. The summed E-state index contributed by atoms with van der Waals surface area (Å²) < 4.78 is 9.90. The smallest absolute Gasteiger partial charge is 0.426 e. The van der Waals surface area contributed by atoms with Crippen LogP contribution in [-0.2, 0) is 4.74 Å². The lowest BCUT2D eigenvalue weighted by molar-refractivity contribution is -0.386. The van der Waals surface area contributed by atoms with E-state index in [4.69, 9.17) is 9.47 Å². The van der Waals surface area contributed by atoms with Gasteiger partial charge in [-0.05, 0) is 25.1 Å². The number of non-ortho nitro benzene ring substituents is 1. The Balaban J connectivity index is 2.04. The fourth-order valence-electron chi connectivity index (χ4n) is 1.96. The van der Waals surface area contributed by atoms with E-state index in [1.807, 2.05) is 0 Å². The van der Waals surface area contributed by atoms with Crippen molar-refractivity contribution >= 4 is 17.5 Å². The van der Waals surface area contributed by atoms with Crippen LogP contribution in [0.3, 0.4) is 0 Å². The van der Waals surface area contributed by atoms with Gasteiger partial charge in [-0.25, -0.2) is 4.79 Å². The lowest BCUT2D eigenvalue weighted by atomic mass is 10.1. The van der Waals surface area contributed by atoms with Crippen molar-refractivity contribution in [2.24, 2.45) is 0 Å². The molecule has 0 aliphatic heterocycles. The van der Waals surface area contributed by atoms with E-state index in [-0.39, 0.29) is 22.7 Å². The molecule has 1 unspecified atom stereocenters. The average molecular weight is 332 g/mol. The Morgan fingerprint density at radius 1 is 1.00 bits per heavy atom. The fraction of sp³-hybridized carbons (Fsp3) is 0.133. The van der Waals surface area contributed by atoms with Gasteiger partial charge in [0.2, 0.25) is 0 Å². The van der Waals surface area contributed by atoms with Crippen molar-refractivity contribution in [2.45, 2.75) is 13.0 Å². The molecule has 0 bridgehead atoms. The van der Waals surface area contributed by atoms with Crippen LogP contribution in [0.25, 0.3) is 0 Å². The number of nitro benzene ring substituents is 2. The summed E-state index contributed by atoms with van der Waals surface area (Å²) in [5, 5.41) is 21.5. The molecule has 0 saturated carbocycles. The zero-order valence-electron chi connectivity index (χ0n) is 12.4. The van der Waals surface area contributed by atoms with Crippen molar-refractivity contribution in [3.8, 4) is 5.75 Å². The van der Waals surface area contributed by atoms with E-state index in [1.54, 1.807) is 6.07 Å². The van der Waals surface area contributed by atoms with E-state index < -0.39 is 22.1 Å². The van der Waals surface area contributed by atoms with E-state index in [0.29, 0.717) is 0 Å². The second kappa shape index (κ2) is 7.18. The minimum Gasteiger partial charge on any atom is -0.426 e. The molecule has 0 spiro atoms. The third kappa shape index (κ3) is 4.03. The van der Waals surface area contributed by atoms with Crippen molar-refractivity contribution in [1.82, 2.24) is 0 Å². The summed E-state index contributed by atoms with van der Waals surface area (Å²) in [4.78, 5) is 32.1. The first-order valence-corrected chi connectivity index (χ1v) is 6.74. The first kappa shape index (κ1) is 16.9. The van der Waals surface area contributed by atoms with Gasteiger partial charge < -0.3 is 9.47 Å². The summed E-state index contributed by atoms with van der Waals surface area (Å²) in [6.07, 6.45) is -1.98. The normalized spacial score (nSPS) is 11.4. The number of rotatable bonds is 5. The van der Waals surface area contributed by atoms with Crippen molar-refractivity contribution in [3.63, 3.8) is 0 Å². The van der Waals surface area contributed by atoms with Gasteiger partial charge in [0.1, 0.15) is 11.9 Å². The molecule has 9 heteroatoms. The predicted molar refractivity (Wildman–Crippen MR) is 81.7 cm³/mol. The number of hydrogen-bond acceptors (Lipinski definition) is 7. The highest BCUT2D eigenvalue weighted by Crippen LogP contribution is 2.27. The molecule has 9 nitrogen and oxygen atoms in total. The van der Waals surface area contributed by atoms with E-state index in [1.165, 1.54) is 49.4 Å². The Morgan fingerprint density at radius 3 is 2.21 bits per heavy atom. The second-order valence-electron chi connectivity index (χ2n) is 4.68. The lowest BCUT2D eigenvalue weighted by Gasteiger charge is -2.13. The third-order valence-corrected chi connectivity index (χ3v) is 3.09. The molecule has 2 aromatic rings. The van der Waals surface area contributed by atoms with Crippen LogP contribution in [0.4, 0.5) is 16.2 Å². The maximum Gasteiger partial charge on any atom is 0.514 e. The molecule has 0 saturated heterocycles. The molecule has 0 heterocycles. The molecule has 0 aliphatic rings. The van der Waals surface area contributed by atoms with Gasteiger partial charge in [-0.3, -0.25) is 20.2 Å². The van der Waals surface area contributed by atoms with E-state index >= 15 is 0 Å². The van der Waals surface area contributed by atoms with Gasteiger partial charge in [-0.1, -0.05) is 12.1 Å². The average Bonchev–Trinajstić information content (AvgIpc) is 2.55. The summed E-state index contributed by atoms with van der Waals surface area (Å²) in [5.74, 6) is 0.0559. The molecule has 0 radical (unpaired) electrons. The minimum absolute atomic E-state index is 0.0559. The highest BCUT2D eigenvalue weighted by atomic mass is 16.7. The van der Waals surface area contributed by atoms with Gasteiger partial charge in [-0.2, -0.15) is 0 Å². The zero-order valence-corrected chi connectivity index (χ0v) is 12.4. The SMILES string of the molecule is CC(OC(=O)Oc1ccc([N+](=O)[O-])cc1)c1ccccc1[N+](=O)[O-]. The molecule has 124 valence electrons. The van der Waals surface area contributed by atoms with Gasteiger partial charge in [0, 0.05) is 18.2 Å². The van der Waals surface area contributed by atoms with Crippen LogP contribution in [-0.4, -0.2) is 16.0 Å². The van der Waals surface area contributed by atoms with Gasteiger partial charge in [-0.15, -0.1) is 0 Å². The molecule has 1 atom stereocenters. The van der Waals surface area contributed by atoms with Crippen LogP contribution < -0.4 is 4.74 Å². The molecule has 0 aromatic heterocycles. The maximum absolute atomic E-state index is 11.7. The Kier molecular flexibility index (Phi) is 5.05. The van der Waals surface area contributed by atoms with Crippen molar-refractivity contribution in [3.05, 3.63) is 74.3 Å². The predicted octanol–water partition coefficient (Wildman–Crippen LogP) is 3.78. The number of nitro groups is 2. The second-order valence-corrected chi connectivity index (χ2v) is 4.68. The van der Waals surface area contributed by atoms with Crippen molar-refractivity contribution in [2.75, 3.05) is 0 Å². The molecule has 0 N–H and O–H groups in total. The van der Waals surface area contributed by atoms with Gasteiger partial charge in [0.25, 0.3) is 11.4 Å². The molecule has 0 amide bonds. The third-order valence-electron chi connectivity index (χ3n) is 3.09. The minimum atomic E-state index is -1.07. The summed E-state index contributed by atoms with van der Waals surface area (Å²) in [5.41, 5.74) is -0.0970. The quantitative estimate of drug-likeness (QED) is 0.353. The number of ether oxygens (including phenoxy) is 2. The monoisotopic (exact) mass is 332 g/mol. The van der Waals surface area contributed by atoms with E-state index in [9.17, 15) is 25.0 Å². The first-order chi connectivity index (χ1) is 11.4. The zero-order chi connectivity index (χ0) is 17.7. The van der Waals surface area contributed by atoms with Crippen LogP contribution in [0, 0.1) is 20.2 Å². The molecular formula is C15H12N2O7. The summed E-state index contributed by atoms with van der Waals surface area (Å²) in [6, 6.07) is 10.7. The Morgan fingerprint density at radius 2 is 1.62 bits per heavy atom. The number of carbonyl (C=O) groups excluding carboxylic acids is 1. The van der Waals surface area contributed by atoms with Crippen molar-refractivity contribution in [1.29, 1.82) is 0 Å². The molecule has 2 aromatic carbocycles. The van der Waals surface area contributed by atoms with Crippen LogP contribution in [0.1, 0.15) is 18.6 Å². The maximum atomic E-state index is 11.7. The number of carbonyl (C=O) groups is 1. The van der Waals surface area contributed by atoms with Crippen molar-refractivity contribution < 1.29 is 24.1 Å².